The van der Waals surface area contributed by atoms with Crippen molar-refractivity contribution in [1.82, 2.24) is 20.0 Å². The van der Waals surface area contributed by atoms with E-state index in [9.17, 15) is 9.59 Å². The maximum absolute atomic E-state index is 12.0. The number of amides is 2. The summed E-state index contributed by atoms with van der Waals surface area (Å²) in [6, 6.07) is 0.745. The summed E-state index contributed by atoms with van der Waals surface area (Å²) in [5.41, 5.74) is 1.97. The van der Waals surface area contributed by atoms with Crippen LogP contribution in [0.5, 0.6) is 0 Å². The fourth-order valence-electron chi connectivity index (χ4n) is 2.00. The molecule has 8 heteroatoms. The van der Waals surface area contributed by atoms with Crippen LogP contribution in [0, 0.1) is 13.8 Å². The maximum atomic E-state index is 12.0. The molecule has 0 aromatic carbocycles. The van der Waals surface area contributed by atoms with Gasteiger partial charge in [-0.1, -0.05) is 0 Å². The number of carbonyl (C=O) groups excluding carboxylic acids is 1. The number of hydrogen-bond donors (Lipinski definition) is 2. The highest BCUT2D eigenvalue weighted by atomic mass is 32.2. The van der Waals surface area contributed by atoms with Crippen LogP contribution in [0.25, 0.3) is 0 Å². The number of carboxylic acids is 1. The summed E-state index contributed by atoms with van der Waals surface area (Å²) in [5, 5.41) is 16.0. The molecular weight excluding hydrogens is 304 g/mol. The van der Waals surface area contributed by atoms with Crippen LogP contribution < -0.4 is 5.32 Å². The largest absolute Gasteiger partial charge is 0.480 e. The standard InChI is InChI=1S/C14H24N4O3S/c1-10-9-11(2)18(16-10)7-6-17(3)14(21)15-12(13(19)20)5-8-22-4/h9,12H,5-8H2,1-4H3,(H,15,21)(H,19,20). The molecule has 0 radical (unpaired) electrons. The lowest BCUT2D eigenvalue weighted by Gasteiger charge is -2.21. The van der Waals surface area contributed by atoms with Gasteiger partial charge in [0.05, 0.1) is 12.2 Å². The summed E-state index contributed by atoms with van der Waals surface area (Å²) < 4.78 is 1.83. The predicted molar refractivity (Wildman–Crippen MR) is 87.3 cm³/mol. The van der Waals surface area contributed by atoms with Gasteiger partial charge in [-0.3, -0.25) is 4.68 Å². The first-order valence-corrected chi connectivity index (χ1v) is 8.49. The number of likely N-dealkylation sites (N-methyl/N-ethyl adjacent to an activating group) is 1. The van der Waals surface area contributed by atoms with Gasteiger partial charge in [0.15, 0.2) is 0 Å². The van der Waals surface area contributed by atoms with Crippen LogP contribution >= 0.6 is 11.8 Å². The Labute approximate surface area is 135 Å². The lowest BCUT2D eigenvalue weighted by molar-refractivity contribution is -0.139. The molecule has 2 N–H and O–H groups in total. The summed E-state index contributed by atoms with van der Waals surface area (Å²) in [7, 11) is 1.65. The summed E-state index contributed by atoms with van der Waals surface area (Å²) in [6.45, 7) is 4.92. The van der Waals surface area contributed by atoms with Gasteiger partial charge in [-0.2, -0.15) is 16.9 Å². The normalized spacial score (nSPS) is 12.0. The molecule has 0 aliphatic carbocycles. The Morgan fingerprint density at radius 1 is 1.50 bits per heavy atom. The first-order valence-electron chi connectivity index (χ1n) is 7.09. The minimum atomic E-state index is -1.01. The van der Waals surface area contributed by atoms with E-state index in [-0.39, 0.29) is 6.03 Å². The molecule has 1 aromatic heterocycles. The van der Waals surface area contributed by atoms with Crippen LogP contribution in [-0.2, 0) is 11.3 Å². The average molecular weight is 328 g/mol. The molecule has 0 bridgehead atoms. The number of carbonyl (C=O) groups is 2. The van der Waals surface area contributed by atoms with Gasteiger partial charge in [0.2, 0.25) is 0 Å². The van der Waals surface area contributed by atoms with E-state index in [1.165, 1.54) is 4.90 Å². The Hall–Kier alpha value is -1.70. The van der Waals surface area contributed by atoms with E-state index in [0.717, 1.165) is 11.4 Å². The minimum absolute atomic E-state index is 0.380. The summed E-state index contributed by atoms with van der Waals surface area (Å²) >= 11 is 1.55. The molecule has 0 saturated heterocycles. The summed E-state index contributed by atoms with van der Waals surface area (Å²) in [6.07, 6.45) is 2.31. The highest BCUT2D eigenvalue weighted by Gasteiger charge is 2.21. The Morgan fingerprint density at radius 2 is 2.18 bits per heavy atom. The van der Waals surface area contributed by atoms with E-state index in [4.69, 9.17) is 5.11 Å². The third kappa shape index (κ3) is 5.59. The maximum Gasteiger partial charge on any atom is 0.326 e. The van der Waals surface area contributed by atoms with Gasteiger partial charge in [0.1, 0.15) is 6.04 Å². The van der Waals surface area contributed by atoms with E-state index in [0.29, 0.717) is 25.3 Å². The Morgan fingerprint density at radius 3 is 2.68 bits per heavy atom. The van der Waals surface area contributed by atoms with E-state index in [1.54, 1.807) is 18.8 Å². The van der Waals surface area contributed by atoms with Crippen LogP contribution in [0.1, 0.15) is 17.8 Å². The van der Waals surface area contributed by atoms with Crippen molar-refractivity contribution in [2.24, 2.45) is 0 Å². The highest BCUT2D eigenvalue weighted by Crippen LogP contribution is 2.03. The number of nitrogens with one attached hydrogen (secondary N) is 1. The molecule has 0 aliphatic heterocycles. The fraction of sp³-hybridized carbons (Fsp3) is 0.643. The number of thioether (sulfide) groups is 1. The number of rotatable bonds is 8. The zero-order chi connectivity index (χ0) is 16.7. The molecule has 0 saturated carbocycles. The van der Waals surface area contributed by atoms with Gasteiger partial charge in [-0.25, -0.2) is 9.59 Å². The Balaban J connectivity index is 2.49. The molecule has 1 unspecified atom stereocenters. The predicted octanol–water partition coefficient (Wildman–Crippen LogP) is 1.35. The monoisotopic (exact) mass is 328 g/mol. The van der Waals surface area contributed by atoms with Crippen molar-refractivity contribution < 1.29 is 14.7 Å². The summed E-state index contributed by atoms with van der Waals surface area (Å²) in [4.78, 5) is 24.7. The minimum Gasteiger partial charge on any atom is -0.480 e. The summed E-state index contributed by atoms with van der Waals surface area (Å²) in [5.74, 6) is -0.318. The van der Waals surface area contributed by atoms with Crippen LogP contribution in [0.4, 0.5) is 4.79 Å². The van der Waals surface area contributed by atoms with Gasteiger partial charge >= 0.3 is 12.0 Å². The quantitative estimate of drug-likeness (QED) is 0.752. The topological polar surface area (TPSA) is 87.5 Å². The second kappa shape index (κ2) is 8.67. The SMILES string of the molecule is CSCCC(NC(=O)N(C)CCn1nc(C)cc1C)C(=O)O. The molecule has 1 aromatic rings. The number of aryl methyl sites for hydroxylation is 2. The smallest absolute Gasteiger partial charge is 0.326 e. The molecule has 0 spiro atoms. The Kier molecular flexibility index (Phi) is 7.23. The lowest BCUT2D eigenvalue weighted by atomic mass is 10.2. The molecule has 7 nitrogen and oxygen atoms in total. The third-order valence-electron chi connectivity index (χ3n) is 3.30. The molecule has 1 rings (SSSR count). The number of hydrogen-bond acceptors (Lipinski definition) is 4. The van der Waals surface area contributed by atoms with Crippen molar-refractivity contribution in [2.75, 3.05) is 25.6 Å². The second-order valence-electron chi connectivity index (χ2n) is 5.19. The molecule has 22 heavy (non-hydrogen) atoms. The average Bonchev–Trinajstić information content (AvgIpc) is 2.78. The zero-order valence-corrected chi connectivity index (χ0v) is 14.3. The fourth-order valence-corrected chi connectivity index (χ4v) is 2.47. The van der Waals surface area contributed by atoms with E-state index in [1.807, 2.05) is 30.9 Å². The molecule has 1 atom stereocenters. The number of urea groups is 1. The van der Waals surface area contributed by atoms with E-state index >= 15 is 0 Å². The van der Waals surface area contributed by atoms with E-state index in [2.05, 4.69) is 10.4 Å². The number of aliphatic carboxylic acids is 1. The molecular formula is C14H24N4O3S. The van der Waals surface area contributed by atoms with E-state index < -0.39 is 12.0 Å². The van der Waals surface area contributed by atoms with Crippen LogP contribution in [0.2, 0.25) is 0 Å². The first-order chi connectivity index (χ1) is 10.3. The molecule has 1 heterocycles. The number of nitrogens with zero attached hydrogens (tertiary/aromatic N) is 3. The van der Waals surface area contributed by atoms with Crippen molar-refractivity contribution in [3.63, 3.8) is 0 Å². The van der Waals surface area contributed by atoms with Crippen molar-refractivity contribution in [1.29, 1.82) is 0 Å². The molecule has 2 amide bonds. The van der Waals surface area contributed by atoms with Crippen molar-refractivity contribution in [2.45, 2.75) is 32.9 Å². The first kappa shape index (κ1) is 18.3. The number of carboxylic acid groups (broad SMARTS) is 1. The molecule has 0 aliphatic rings. The lowest BCUT2D eigenvalue weighted by Crippen LogP contribution is -2.47. The van der Waals surface area contributed by atoms with Crippen LogP contribution in [0.3, 0.4) is 0 Å². The molecule has 0 fully saturated rings. The Bertz CT molecular complexity index is 518. The zero-order valence-electron chi connectivity index (χ0n) is 13.5. The molecule has 124 valence electrons. The second-order valence-corrected chi connectivity index (χ2v) is 6.18. The van der Waals surface area contributed by atoms with Crippen molar-refractivity contribution in [3.8, 4) is 0 Å². The van der Waals surface area contributed by atoms with Crippen molar-refractivity contribution >= 4 is 23.8 Å². The van der Waals surface area contributed by atoms with Gasteiger partial charge < -0.3 is 15.3 Å². The number of aromatic nitrogens is 2. The van der Waals surface area contributed by atoms with Crippen LogP contribution in [-0.4, -0.2) is 63.4 Å². The van der Waals surface area contributed by atoms with Gasteiger partial charge in [-0.15, -0.1) is 0 Å². The van der Waals surface area contributed by atoms with Crippen molar-refractivity contribution in [3.05, 3.63) is 17.5 Å². The van der Waals surface area contributed by atoms with Gasteiger partial charge in [-0.05, 0) is 38.3 Å². The van der Waals surface area contributed by atoms with Gasteiger partial charge in [0.25, 0.3) is 0 Å². The third-order valence-corrected chi connectivity index (χ3v) is 3.95. The van der Waals surface area contributed by atoms with Crippen LogP contribution in [0.15, 0.2) is 6.07 Å². The highest BCUT2D eigenvalue weighted by molar-refractivity contribution is 7.98. The van der Waals surface area contributed by atoms with Gasteiger partial charge in [0, 0.05) is 19.3 Å².